The third kappa shape index (κ3) is 5.24. The molecule has 3 N–H and O–H groups in total. The van der Waals surface area contributed by atoms with Gasteiger partial charge in [-0.25, -0.2) is 13.2 Å². The summed E-state index contributed by atoms with van der Waals surface area (Å²) in [6.45, 7) is 3.68. The number of nitrogens with one attached hydrogen (secondary N) is 2. The minimum absolute atomic E-state index is 0.165. The van der Waals surface area contributed by atoms with Crippen LogP contribution in [0.4, 0.5) is 11.4 Å². The van der Waals surface area contributed by atoms with Gasteiger partial charge in [0.15, 0.2) is 0 Å². The summed E-state index contributed by atoms with van der Waals surface area (Å²) in [5.41, 5.74) is 6.41. The Morgan fingerprint density at radius 1 is 0.900 bits per heavy atom. The van der Waals surface area contributed by atoms with E-state index >= 15 is 0 Å². The zero-order chi connectivity index (χ0) is 21.7. The van der Waals surface area contributed by atoms with Crippen LogP contribution in [0.3, 0.4) is 0 Å². The van der Waals surface area contributed by atoms with Gasteiger partial charge in [-0.15, -0.1) is 0 Å². The minimum atomic E-state index is -3.66. The standard InChI is InChI=1S/C22H21N3O4S/c1-15-6-12-21(13-7-15)30(28,29)25-19-10-8-17(9-11-19)16(2)23-24-20-5-3-4-18(14-20)22(26)27/h3-14,24-25H,1-2H3,(H,26,27)/b23-16+. The molecule has 0 aliphatic carbocycles. The monoisotopic (exact) mass is 423 g/mol. The fraction of sp³-hybridized carbons (Fsp3) is 0.0909. The second kappa shape index (κ2) is 8.79. The van der Waals surface area contributed by atoms with Gasteiger partial charge in [0.2, 0.25) is 0 Å². The Kier molecular flexibility index (Phi) is 6.17. The second-order valence-electron chi connectivity index (χ2n) is 6.69. The van der Waals surface area contributed by atoms with Crippen molar-refractivity contribution in [3.63, 3.8) is 0 Å². The molecule has 30 heavy (non-hydrogen) atoms. The van der Waals surface area contributed by atoms with E-state index < -0.39 is 16.0 Å². The van der Waals surface area contributed by atoms with Gasteiger partial charge in [-0.05, 0) is 61.9 Å². The van der Waals surface area contributed by atoms with E-state index in [1.54, 1.807) is 67.6 Å². The summed E-state index contributed by atoms with van der Waals surface area (Å²) in [5, 5.41) is 13.3. The number of rotatable bonds is 7. The SMILES string of the molecule is C/C(=N\Nc1cccc(C(=O)O)c1)c1ccc(NS(=O)(=O)c2ccc(C)cc2)cc1. The smallest absolute Gasteiger partial charge is 0.335 e. The number of aryl methyl sites for hydroxylation is 1. The Labute approximate surface area is 175 Å². The maximum atomic E-state index is 12.5. The lowest BCUT2D eigenvalue weighted by Gasteiger charge is -2.09. The predicted octanol–water partition coefficient (Wildman–Crippen LogP) is 4.33. The first-order chi connectivity index (χ1) is 14.2. The molecule has 0 radical (unpaired) electrons. The first-order valence-electron chi connectivity index (χ1n) is 9.08. The van der Waals surface area contributed by atoms with E-state index in [9.17, 15) is 13.2 Å². The molecule has 0 amide bonds. The van der Waals surface area contributed by atoms with Crippen LogP contribution >= 0.6 is 0 Å². The lowest BCUT2D eigenvalue weighted by molar-refractivity contribution is 0.0697. The molecule has 0 aromatic heterocycles. The highest BCUT2D eigenvalue weighted by atomic mass is 32.2. The number of carboxylic acid groups (broad SMARTS) is 1. The highest BCUT2D eigenvalue weighted by Gasteiger charge is 2.13. The molecule has 8 heteroatoms. The second-order valence-corrected chi connectivity index (χ2v) is 8.37. The van der Waals surface area contributed by atoms with Crippen molar-refractivity contribution in [1.82, 2.24) is 0 Å². The van der Waals surface area contributed by atoms with Gasteiger partial charge in [0.1, 0.15) is 0 Å². The third-order valence-electron chi connectivity index (χ3n) is 4.35. The van der Waals surface area contributed by atoms with Gasteiger partial charge in [-0.3, -0.25) is 10.1 Å². The van der Waals surface area contributed by atoms with E-state index in [1.165, 1.54) is 12.1 Å². The molecule has 0 aliphatic rings. The Balaban J connectivity index is 1.70. The summed E-state index contributed by atoms with van der Waals surface area (Å²) in [5.74, 6) is -1.01. The highest BCUT2D eigenvalue weighted by Crippen LogP contribution is 2.18. The van der Waals surface area contributed by atoms with E-state index in [4.69, 9.17) is 5.11 Å². The van der Waals surface area contributed by atoms with Crippen LogP contribution in [0.25, 0.3) is 0 Å². The molecule has 3 aromatic rings. The quantitative estimate of drug-likeness (QED) is 0.387. The third-order valence-corrected chi connectivity index (χ3v) is 5.75. The van der Waals surface area contributed by atoms with Crippen LogP contribution in [-0.2, 0) is 10.0 Å². The molecule has 0 aliphatic heterocycles. The number of hydrazone groups is 1. The number of hydrogen-bond donors (Lipinski definition) is 3. The van der Waals surface area contributed by atoms with Crippen LogP contribution in [0.5, 0.6) is 0 Å². The van der Waals surface area contributed by atoms with Crippen LogP contribution in [0, 0.1) is 6.92 Å². The van der Waals surface area contributed by atoms with Crippen LogP contribution in [0.2, 0.25) is 0 Å². The molecule has 0 bridgehead atoms. The summed E-state index contributed by atoms with van der Waals surface area (Å²) in [6, 6.07) is 19.8. The van der Waals surface area contributed by atoms with Crippen LogP contribution in [0.15, 0.2) is 82.8 Å². The number of hydrogen-bond acceptors (Lipinski definition) is 5. The first-order valence-corrected chi connectivity index (χ1v) is 10.6. The van der Waals surface area contributed by atoms with Gasteiger partial charge in [0.25, 0.3) is 10.0 Å². The van der Waals surface area contributed by atoms with Crippen molar-refractivity contribution in [2.24, 2.45) is 5.10 Å². The van der Waals surface area contributed by atoms with E-state index in [0.29, 0.717) is 17.1 Å². The van der Waals surface area contributed by atoms with E-state index in [1.807, 2.05) is 6.92 Å². The van der Waals surface area contributed by atoms with Crippen molar-refractivity contribution in [2.75, 3.05) is 10.1 Å². The van der Waals surface area contributed by atoms with Gasteiger partial charge in [0.05, 0.1) is 21.9 Å². The van der Waals surface area contributed by atoms with Crippen LogP contribution in [-0.4, -0.2) is 25.2 Å². The zero-order valence-electron chi connectivity index (χ0n) is 16.5. The van der Waals surface area contributed by atoms with E-state index in [2.05, 4.69) is 15.2 Å². The molecule has 7 nitrogen and oxygen atoms in total. The van der Waals surface area contributed by atoms with Crippen molar-refractivity contribution >= 4 is 33.1 Å². The molecule has 0 heterocycles. The number of carbonyl (C=O) groups is 1. The summed E-state index contributed by atoms with van der Waals surface area (Å²) in [6.07, 6.45) is 0. The molecule has 0 atom stereocenters. The Morgan fingerprint density at radius 2 is 1.57 bits per heavy atom. The number of sulfonamides is 1. The van der Waals surface area contributed by atoms with E-state index in [-0.39, 0.29) is 10.5 Å². The normalized spacial score (nSPS) is 11.7. The summed E-state index contributed by atoms with van der Waals surface area (Å²) < 4.78 is 27.5. The molecule has 3 rings (SSSR count). The summed E-state index contributed by atoms with van der Waals surface area (Å²) in [4.78, 5) is 11.2. The molecular formula is C22H21N3O4S. The molecular weight excluding hydrogens is 402 g/mol. The number of nitrogens with zero attached hydrogens (tertiary/aromatic N) is 1. The molecule has 0 unspecified atom stereocenters. The number of aromatic carboxylic acids is 1. The number of carboxylic acids is 1. The number of anilines is 2. The Morgan fingerprint density at radius 3 is 2.20 bits per heavy atom. The van der Waals surface area contributed by atoms with Gasteiger partial charge in [0, 0.05) is 5.69 Å². The largest absolute Gasteiger partial charge is 0.478 e. The minimum Gasteiger partial charge on any atom is -0.478 e. The molecule has 154 valence electrons. The van der Waals surface area contributed by atoms with Gasteiger partial charge in [-0.2, -0.15) is 5.10 Å². The van der Waals surface area contributed by atoms with E-state index in [0.717, 1.165) is 11.1 Å². The number of benzene rings is 3. The maximum absolute atomic E-state index is 12.5. The van der Waals surface area contributed by atoms with Crippen molar-refractivity contribution in [1.29, 1.82) is 0 Å². The first kappa shape index (κ1) is 21.1. The van der Waals surface area contributed by atoms with Crippen LogP contribution < -0.4 is 10.1 Å². The lowest BCUT2D eigenvalue weighted by atomic mass is 10.1. The maximum Gasteiger partial charge on any atom is 0.335 e. The zero-order valence-corrected chi connectivity index (χ0v) is 17.3. The lowest BCUT2D eigenvalue weighted by Crippen LogP contribution is -2.13. The average Bonchev–Trinajstić information content (AvgIpc) is 2.73. The predicted molar refractivity (Wildman–Crippen MR) is 118 cm³/mol. The topological polar surface area (TPSA) is 108 Å². The fourth-order valence-corrected chi connectivity index (χ4v) is 3.70. The molecule has 0 saturated carbocycles. The van der Waals surface area contributed by atoms with Crippen molar-refractivity contribution < 1.29 is 18.3 Å². The fourth-order valence-electron chi connectivity index (χ4n) is 2.65. The van der Waals surface area contributed by atoms with Crippen LogP contribution in [0.1, 0.15) is 28.4 Å². The summed E-state index contributed by atoms with van der Waals surface area (Å²) >= 11 is 0. The van der Waals surface area contributed by atoms with Gasteiger partial charge < -0.3 is 5.11 Å². The molecule has 0 saturated heterocycles. The molecule has 0 fully saturated rings. The molecule has 3 aromatic carbocycles. The average molecular weight is 423 g/mol. The molecule has 0 spiro atoms. The van der Waals surface area contributed by atoms with Crippen molar-refractivity contribution in [3.8, 4) is 0 Å². The Hall–Kier alpha value is -3.65. The van der Waals surface area contributed by atoms with Gasteiger partial charge in [-0.1, -0.05) is 35.9 Å². The van der Waals surface area contributed by atoms with Crippen molar-refractivity contribution in [2.45, 2.75) is 18.7 Å². The van der Waals surface area contributed by atoms with Gasteiger partial charge >= 0.3 is 5.97 Å². The van der Waals surface area contributed by atoms with Crippen molar-refractivity contribution in [3.05, 3.63) is 89.5 Å². The highest BCUT2D eigenvalue weighted by molar-refractivity contribution is 7.92. The summed E-state index contributed by atoms with van der Waals surface area (Å²) in [7, 11) is -3.66. The Bertz CT molecular complexity index is 1190.